The van der Waals surface area contributed by atoms with Crippen molar-refractivity contribution in [2.45, 2.75) is 12.5 Å². The Bertz CT molecular complexity index is 698. The van der Waals surface area contributed by atoms with E-state index in [1.807, 2.05) is 0 Å². The summed E-state index contributed by atoms with van der Waals surface area (Å²) in [6.45, 7) is 0. The predicted octanol–water partition coefficient (Wildman–Crippen LogP) is 2.17. The standard InChI is InChI=1S/C12H8BrNO6S2/c13-8-2-1-5(20-8)3-7-10(17)14(12(21)22-7)6(11(18)19)4-9(15)16/h1-3,6H,4H2,(H,15,16)(H,18,19). The number of carbonyl (C=O) groups excluding carboxylic acids is 1. The van der Waals surface area contributed by atoms with Gasteiger partial charge < -0.3 is 14.6 Å². The van der Waals surface area contributed by atoms with Gasteiger partial charge in [0.15, 0.2) is 4.67 Å². The first-order chi connectivity index (χ1) is 10.3. The molecule has 1 fully saturated rings. The van der Waals surface area contributed by atoms with Gasteiger partial charge in [-0.05, 0) is 28.1 Å². The highest BCUT2D eigenvalue weighted by Crippen LogP contribution is 2.35. The molecule has 1 saturated heterocycles. The first-order valence-corrected chi connectivity index (χ1v) is 7.78. The highest BCUT2D eigenvalue weighted by atomic mass is 79.9. The van der Waals surface area contributed by atoms with Gasteiger partial charge in [-0.25, -0.2) is 4.79 Å². The summed E-state index contributed by atoms with van der Waals surface area (Å²) in [5.74, 6) is -3.03. The van der Waals surface area contributed by atoms with Crippen molar-refractivity contribution in [2.24, 2.45) is 0 Å². The second-order valence-corrected chi connectivity index (χ2v) is 6.60. The van der Waals surface area contributed by atoms with Crippen molar-refractivity contribution >= 4 is 68.2 Å². The van der Waals surface area contributed by atoms with E-state index in [0.717, 1.165) is 16.7 Å². The third-order valence-electron chi connectivity index (χ3n) is 2.66. The minimum Gasteiger partial charge on any atom is -0.481 e. The summed E-state index contributed by atoms with van der Waals surface area (Å²) in [6, 6.07) is 1.71. The smallest absolute Gasteiger partial charge is 0.327 e. The van der Waals surface area contributed by atoms with E-state index in [2.05, 4.69) is 15.9 Å². The molecule has 1 aliphatic heterocycles. The van der Waals surface area contributed by atoms with Crippen LogP contribution in [-0.4, -0.2) is 43.3 Å². The lowest BCUT2D eigenvalue weighted by atomic mass is 10.2. The van der Waals surface area contributed by atoms with Crippen LogP contribution in [0.1, 0.15) is 12.2 Å². The number of nitrogens with zero attached hydrogens (tertiary/aromatic N) is 1. The van der Waals surface area contributed by atoms with Crippen molar-refractivity contribution < 1.29 is 29.0 Å². The van der Waals surface area contributed by atoms with Crippen LogP contribution in [0.15, 0.2) is 26.1 Å². The molecular weight excluding hydrogens is 398 g/mol. The van der Waals surface area contributed by atoms with E-state index >= 15 is 0 Å². The van der Waals surface area contributed by atoms with Gasteiger partial charge in [0.1, 0.15) is 16.1 Å². The van der Waals surface area contributed by atoms with E-state index in [1.165, 1.54) is 6.08 Å². The molecule has 1 atom stereocenters. The molecule has 0 spiro atoms. The summed E-state index contributed by atoms with van der Waals surface area (Å²) in [4.78, 5) is 35.3. The van der Waals surface area contributed by atoms with Gasteiger partial charge in [-0.3, -0.25) is 14.5 Å². The van der Waals surface area contributed by atoms with Crippen LogP contribution < -0.4 is 0 Å². The van der Waals surface area contributed by atoms with E-state index in [0.29, 0.717) is 10.4 Å². The fraction of sp³-hybridized carbons (Fsp3) is 0.167. The van der Waals surface area contributed by atoms with Crippen LogP contribution in [0, 0.1) is 0 Å². The molecule has 116 valence electrons. The lowest BCUT2D eigenvalue weighted by Crippen LogP contribution is -2.45. The van der Waals surface area contributed by atoms with Gasteiger partial charge >= 0.3 is 11.9 Å². The van der Waals surface area contributed by atoms with Crippen molar-refractivity contribution in [3.8, 4) is 0 Å². The van der Waals surface area contributed by atoms with Gasteiger partial charge in [0, 0.05) is 6.08 Å². The first-order valence-electron chi connectivity index (χ1n) is 5.76. The fourth-order valence-corrected chi connectivity index (χ4v) is 3.39. The Morgan fingerprint density at radius 3 is 2.64 bits per heavy atom. The number of thioether (sulfide) groups is 1. The molecule has 2 rings (SSSR count). The normalized spacial score (nSPS) is 18.0. The molecule has 0 aromatic carbocycles. The van der Waals surface area contributed by atoms with E-state index < -0.39 is 30.3 Å². The molecule has 1 aliphatic rings. The number of carboxylic acid groups (broad SMARTS) is 2. The lowest BCUT2D eigenvalue weighted by Gasteiger charge is -2.21. The second kappa shape index (κ2) is 6.63. The van der Waals surface area contributed by atoms with Gasteiger partial charge in [-0.1, -0.05) is 24.0 Å². The van der Waals surface area contributed by atoms with E-state index in [4.69, 9.17) is 26.8 Å². The number of thiocarbonyl (C=S) groups is 1. The molecule has 1 aromatic heterocycles. The third-order valence-corrected chi connectivity index (χ3v) is 4.41. The molecule has 1 amide bonds. The lowest BCUT2D eigenvalue weighted by molar-refractivity contribution is -0.150. The summed E-state index contributed by atoms with van der Waals surface area (Å²) < 4.78 is 5.71. The number of carboxylic acids is 2. The number of amides is 1. The van der Waals surface area contributed by atoms with E-state index in [-0.39, 0.29) is 9.23 Å². The Morgan fingerprint density at radius 1 is 1.45 bits per heavy atom. The monoisotopic (exact) mass is 405 g/mol. The molecule has 2 heterocycles. The minimum atomic E-state index is -1.54. The highest BCUT2D eigenvalue weighted by molar-refractivity contribution is 9.10. The van der Waals surface area contributed by atoms with Crippen molar-refractivity contribution in [3.63, 3.8) is 0 Å². The number of carbonyl (C=O) groups is 3. The zero-order chi connectivity index (χ0) is 16.4. The van der Waals surface area contributed by atoms with Crippen LogP contribution in [-0.2, 0) is 14.4 Å². The maximum atomic E-state index is 12.3. The molecule has 2 N–H and O–H groups in total. The van der Waals surface area contributed by atoms with Crippen LogP contribution in [0.5, 0.6) is 0 Å². The first kappa shape index (κ1) is 16.7. The SMILES string of the molecule is O=C(O)CC(C(=O)O)N1C(=O)C(=Cc2ccc(Br)o2)SC1=S. The maximum Gasteiger partial charge on any atom is 0.327 e. The largest absolute Gasteiger partial charge is 0.481 e. The topological polar surface area (TPSA) is 108 Å². The third kappa shape index (κ3) is 3.57. The molecule has 22 heavy (non-hydrogen) atoms. The summed E-state index contributed by atoms with van der Waals surface area (Å²) in [5, 5.41) is 17.9. The molecule has 10 heteroatoms. The van der Waals surface area contributed by atoms with Gasteiger partial charge in [0.2, 0.25) is 0 Å². The Kier molecular flexibility index (Phi) is 5.04. The van der Waals surface area contributed by atoms with Gasteiger partial charge in [-0.2, -0.15) is 0 Å². The Balaban J connectivity index is 2.29. The van der Waals surface area contributed by atoms with E-state index in [9.17, 15) is 14.4 Å². The van der Waals surface area contributed by atoms with Crippen LogP contribution in [0.25, 0.3) is 6.08 Å². The number of rotatable bonds is 5. The average molecular weight is 406 g/mol. The molecule has 1 aromatic rings. The van der Waals surface area contributed by atoms with Gasteiger partial charge in [0.05, 0.1) is 11.3 Å². The summed E-state index contributed by atoms with van der Waals surface area (Å²) in [7, 11) is 0. The molecule has 0 radical (unpaired) electrons. The zero-order valence-corrected chi connectivity index (χ0v) is 13.9. The van der Waals surface area contributed by atoms with Crippen LogP contribution in [0.3, 0.4) is 0 Å². The summed E-state index contributed by atoms with van der Waals surface area (Å²) >= 11 is 9.01. The fourth-order valence-electron chi connectivity index (χ4n) is 1.74. The Labute approximate surface area is 142 Å². The summed E-state index contributed by atoms with van der Waals surface area (Å²) in [5.41, 5.74) is 0. The zero-order valence-electron chi connectivity index (χ0n) is 10.7. The minimum absolute atomic E-state index is 0.00415. The van der Waals surface area contributed by atoms with Gasteiger partial charge in [0.25, 0.3) is 5.91 Å². The molecular formula is C12H8BrNO6S2. The summed E-state index contributed by atoms with van der Waals surface area (Å²) in [6.07, 6.45) is 0.686. The van der Waals surface area contributed by atoms with Crippen molar-refractivity contribution in [1.82, 2.24) is 4.90 Å². The number of aliphatic carboxylic acids is 2. The Morgan fingerprint density at radius 2 is 2.14 bits per heavy atom. The molecule has 1 unspecified atom stereocenters. The number of halogens is 1. The van der Waals surface area contributed by atoms with Crippen LogP contribution >= 0.6 is 39.9 Å². The maximum absolute atomic E-state index is 12.3. The molecule has 0 saturated carbocycles. The van der Waals surface area contributed by atoms with E-state index in [1.54, 1.807) is 12.1 Å². The number of hydrogen-bond acceptors (Lipinski definition) is 6. The van der Waals surface area contributed by atoms with Crippen molar-refractivity contribution in [2.75, 3.05) is 0 Å². The second-order valence-electron chi connectivity index (χ2n) is 4.15. The van der Waals surface area contributed by atoms with Crippen molar-refractivity contribution in [1.29, 1.82) is 0 Å². The predicted molar refractivity (Wildman–Crippen MR) is 85.1 cm³/mol. The number of furan rings is 1. The highest BCUT2D eigenvalue weighted by Gasteiger charge is 2.41. The molecule has 0 bridgehead atoms. The van der Waals surface area contributed by atoms with Crippen LogP contribution in [0.2, 0.25) is 0 Å². The molecule has 7 nitrogen and oxygen atoms in total. The average Bonchev–Trinajstić information content (AvgIpc) is 2.92. The van der Waals surface area contributed by atoms with Gasteiger partial charge in [-0.15, -0.1) is 0 Å². The molecule has 0 aliphatic carbocycles. The van der Waals surface area contributed by atoms with Crippen molar-refractivity contribution in [3.05, 3.63) is 27.5 Å². The number of hydrogen-bond donors (Lipinski definition) is 2. The Hall–Kier alpha value is -1.65. The van der Waals surface area contributed by atoms with Crippen LogP contribution in [0.4, 0.5) is 0 Å². The quantitative estimate of drug-likeness (QED) is 0.566.